The second-order valence-electron chi connectivity index (χ2n) is 6.04. The van der Waals surface area contributed by atoms with Crippen molar-refractivity contribution in [3.8, 4) is 0 Å². The van der Waals surface area contributed by atoms with Gasteiger partial charge in [0.2, 0.25) is 0 Å². The molecular weight excluding hydrogens is 500 g/mol. The van der Waals surface area contributed by atoms with Gasteiger partial charge >= 0.3 is 152 Å². The summed E-state index contributed by atoms with van der Waals surface area (Å²) >= 11 is -0.841. The molecule has 0 amide bonds. The number of halogens is 2. The minimum Gasteiger partial charge on any atom is -1.00 e. The van der Waals surface area contributed by atoms with Gasteiger partial charge in [0.05, 0.1) is 0 Å². The zero-order chi connectivity index (χ0) is 15.6. The van der Waals surface area contributed by atoms with Gasteiger partial charge in [-0.25, -0.2) is 0 Å². The van der Waals surface area contributed by atoms with Gasteiger partial charge in [-0.15, -0.1) is 0 Å². The van der Waals surface area contributed by atoms with Crippen molar-refractivity contribution < 1.29 is 32.3 Å². The Morgan fingerprint density at radius 2 is 1.68 bits per heavy atom. The van der Waals surface area contributed by atoms with Gasteiger partial charge in [0.1, 0.15) is 0 Å². The fourth-order valence-electron chi connectivity index (χ4n) is 3.32. The third kappa shape index (κ3) is 4.15. The molecule has 0 saturated heterocycles. The van der Waals surface area contributed by atoms with Gasteiger partial charge in [0.15, 0.2) is 0 Å². The van der Waals surface area contributed by atoms with E-state index in [1.165, 1.54) is 17.3 Å². The summed E-state index contributed by atoms with van der Waals surface area (Å²) in [6.07, 6.45) is 8.16. The maximum absolute atomic E-state index is 2.39. The van der Waals surface area contributed by atoms with Crippen molar-refractivity contribution in [1.29, 1.82) is 0 Å². The van der Waals surface area contributed by atoms with Crippen LogP contribution >= 0.6 is 8.58 Å². The van der Waals surface area contributed by atoms with Crippen LogP contribution in [0, 0.1) is 0 Å². The van der Waals surface area contributed by atoms with Crippen LogP contribution in [0.3, 0.4) is 0 Å². The van der Waals surface area contributed by atoms with Crippen LogP contribution in [-0.4, -0.2) is 0 Å². The van der Waals surface area contributed by atoms with E-state index in [0.717, 1.165) is 12.3 Å². The molecule has 4 rings (SSSR count). The number of benzene rings is 2. The second-order valence-corrected chi connectivity index (χ2v) is 12.8. The molecule has 0 bridgehead atoms. The molecule has 25 heavy (non-hydrogen) atoms. The molecule has 2 atom stereocenters. The smallest absolute Gasteiger partial charge is 1.00 e. The summed E-state index contributed by atoms with van der Waals surface area (Å²) in [6.45, 7) is 2.39. The Hall–Kier alpha value is -1.18. The Kier molecular flexibility index (Phi) is 7.22. The van der Waals surface area contributed by atoms with Crippen LogP contribution in [0.25, 0.3) is 5.31 Å². The van der Waals surface area contributed by atoms with Crippen LogP contribution in [0.15, 0.2) is 81.7 Å². The number of fused-ring (bicyclic) bond motifs is 1. The first kappa shape index (κ1) is 20.1. The molecule has 0 heterocycles. The van der Waals surface area contributed by atoms with E-state index >= 15 is 0 Å². The minimum absolute atomic E-state index is 0. The predicted octanol–water partition coefficient (Wildman–Crippen LogP) is -0.589. The van der Waals surface area contributed by atoms with Gasteiger partial charge in [-0.3, -0.25) is 0 Å². The molecular formula is C21H19F2HfP. The van der Waals surface area contributed by atoms with Gasteiger partial charge in [0.25, 0.3) is 0 Å². The Labute approximate surface area is 161 Å². The van der Waals surface area contributed by atoms with Crippen LogP contribution < -0.4 is 14.7 Å². The summed E-state index contributed by atoms with van der Waals surface area (Å²) in [5, 5.41) is 3.06. The molecule has 0 fully saturated rings. The molecule has 2 aliphatic rings. The van der Waals surface area contributed by atoms with Crippen LogP contribution in [0.2, 0.25) is 0 Å². The molecule has 0 N–H and O–H groups in total. The quantitative estimate of drug-likeness (QED) is 0.375. The summed E-state index contributed by atoms with van der Waals surface area (Å²) < 4.78 is 2.51. The van der Waals surface area contributed by atoms with Crippen molar-refractivity contribution in [3.05, 3.63) is 92.9 Å². The normalized spacial score (nSPS) is 17.8. The van der Waals surface area contributed by atoms with E-state index in [1.54, 1.807) is 19.8 Å². The topological polar surface area (TPSA) is 0 Å². The Morgan fingerprint density at radius 1 is 0.960 bits per heavy atom. The largest absolute Gasteiger partial charge is 1.00 e. The monoisotopic (exact) mass is 520 g/mol. The van der Waals surface area contributed by atoms with Crippen molar-refractivity contribution in [3.63, 3.8) is 0 Å². The maximum atomic E-state index is 2.39. The molecule has 0 aromatic heterocycles. The summed E-state index contributed by atoms with van der Waals surface area (Å²) in [6, 6.07) is 20.1. The summed E-state index contributed by atoms with van der Waals surface area (Å²) in [5.74, 6) is 0. The first-order chi connectivity index (χ1) is 11.3. The Morgan fingerprint density at radius 3 is 2.40 bits per heavy atom. The van der Waals surface area contributed by atoms with Gasteiger partial charge in [-0.2, -0.15) is 0 Å². The fourth-order valence-corrected chi connectivity index (χ4v) is 10.8. The molecule has 0 spiro atoms. The first-order valence-corrected chi connectivity index (χ1v) is 12.9. The Bertz CT molecular complexity index is 825. The molecule has 0 nitrogen and oxygen atoms in total. The standard InChI is InChI=1S/C16H14P.C5H5.2FH.Hf/c1-12-11-13-7-5-6-10-15(13)16(12)17-14-8-3-2-4-9-14;1-2-4-5-3-1;;;/h2-11,17H,1H3;1-3H,4H2;2*1H;/q;;;;+2/p-2. The molecule has 0 aliphatic heterocycles. The molecule has 4 heteroatoms. The summed E-state index contributed by atoms with van der Waals surface area (Å²) in [4.78, 5) is 0. The molecule has 0 saturated carbocycles. The summed E-state index contributed by atoms with van der Waals surface area (Å²) in [5.41, 5.74) is 4.79. The summed E-state index contributed by atoms with van der Waals surface area (Å²) in [7, 11) is 0.781. The van der Waals surface area contributed by atoms with E-state index in [0.29, 0.717) is 0 Å². The van der Waals surface area contributed by atoms with Crippen molar-refractivity contribution in [2.24, 2.45) is 0 Å². The van der Waals surface area contributed by atoms with E-state index in [-0.39, 0.29) is 9.41 Å². The van der Waals surface area contributed by atoms with Crippen molar-refractivity contribution in [2.45, 2.75) is 17.0 Å². The van der Waals surface area contributed by atoms with E-state index < -0.39 is 22.9 Å². The van der Waals surface area contributed by atoms with E-state index in [1.807, 2.05) is 0 Å². The average molecular weight is 519 g/mol. The van der Waals surface area contributed by atoms with Gasteiger partial charge in [0, 0.05) is 0 Å². The zero-order valence-corrected chi connectivity index (χ0v) is 18.6. The minimum atomic E-state index is -0.841. The number of rotatable bonds is 4. The predicted molar refractivity (Wildman–Crippen MR) is 98.0 cm³/mol. The number of allylic oxidation sites excluding steroid dienone is 5. The molecule has 2 aliphatic carbocycles. The second kappa shape index (κ2) is 8.96. The third-order valence-electron chi connectivity index (χ3n) is 4.51. The van der Waals surface area contributed by atoms with E-state index in [4.69, 9.17) is 0 Å². The van der Waals surface area contributed by atoms with Gasteiger partial charge < -0.3 is 9.41 Å². The van der Waals surface area contributed by atoms with Crippen molar-refractivity contribution in [2.75, 3.05) is 0 Å². The number of hydrogen-bond acceptors (Lipinski definition) is 0. The zero-order valence-electron chi connectivity index (χ0n) is 14.0. The third-order valence-corrected chi connectivity index (χ3v) is 12.4. The maximum Gasteiger partial charge on any atom is -1.00 e. The first-order valence-electron chi connectivity index (χ1n) is 8.07. The van der Waals surface area contributed by atoms with E-state index in [9.17, 15) is 0 Å². The average Bonchev–Trinajstić information content (AvgIpc) is 3.19. The fraction of sp³-hybridized carbons (Fsp3) is 0.143. The van der Waals surface area contributed by atoms with Gasteiger partial charge in [-0.05, 0) is 0 Å². The molecule has 126 valence electrons. The molecule has 2 aromatic carbocycles. The number of hydrogen-bond donors (Lipinski definition) is 0. The van der Waals surface area contributed by atoms with Crippen LogP contribution in [0.1, 0.15) is 28.1 Å². The van der Waals surface area contributed by atoms with Crippen LogP contribution in [0.4, 0.5) is 0 Å². The van der Waals surface area contributed by atoms with Crippen LogP contribution in [0.5, 0.6) is 0 Å². The molecule has 2 unspecified atom stereocenters. The Balaban J connectivity index is 0.00000113. The van der Waals surface area contributed by atoms with E-state index in [2.05, 4.69) is 79.7 Å². The van der Waals surface area contributed by atoms with Crippen LogP contribution in [-0.2, 0) is 22.9 Å². The van der Waals surface area contributed by atoms with Crippen molar-refractivity contribution in [1.82, 2.24) is 0 Å². The molecule has 2 aromatic rings. The SMILES string of the molecule is CC1=C(Pc2ccccc2)c2ccccc2[CH]1[Hf+2][C]1=CC=CC1.[F-].[F-]. The van der Waals surface area contributed by atoms with Crippen molar-refractivity contribution >= 4 is 19.2 Å². The molecule has 0 radical (unpaired) electrons. The van der Waals surface area contributed by atoms with Gasteiger partial charge in [-0.1, -0.05) is 0 Å².